The van der Waals surface area contributed by atoms with Crippen LogP contribution in [0.4, 0.5) is 5.69 Å². The van der Waals surface area contributed by atoms with Gasteiger partial charge in [-0.3, -0.25) is 19.4 Å². The Morgan fingerprint density at radius 2 is 1.87 bits per heavy atom. The highest BCUT2D eigenvalue weighted by Crippen LogP contribution is 2.67. The normalized spacial score (nSPS) is 28.8. The Balaban J connectivity index is 0.000000194. The number of aromatic nitrogens is 1. The molecule has 1 aromatic heterocycles. The number of halogens is 1. The summed E-state index contributed by atoms with van der Waals surface area (Å²) >= 11 is 2.56. The van der Waals surface area contributed by atoms with Gasteiger partial charge in [0.2, 0.25) is 0 Å². The minimum Gasteiger partial charge on any atom is -0.497 e. The van der Waals surface area contributed by atoms with Crippen molar-refractivity contribution in [3.05, 3.63) is 82.6 Å². The second-order valence-corrected chi connectivity index (χ2v) is 18.3. The first-order valence-electron chi connectivity index (χ1n) is 22.0. The third-order valence-corrected chi connectivity index (χ3v) is 15.7. The van der Waals surface area contributed by atoms with Crippen LogP contribution in [-0.4, -0.2) is 96.4 Å². The van der Waals surface area contributed by atoms with E-state index in [0.29, 0.717) is 0 Å². The summed E-state index contributed by atoms with van der Waals surface area (Å²) in [6.45, 7) is 13.6. The molecule has 0 amide bonds. The van der Waals surface area contributed by atoms with E-state index in [-0.39, 0.29) is 50.9 Å². The molecule has 1 spiro atoms. The number of benzene rings is 2. The molecule has 324 valence electrons. The maximum Gasteiger partial charge on any atom is 0.314 e. The molecule has 0 bridgehead atoms. The molecule has 11 heteroatoms. The Labute approximate surface area is 371 Å². The van der Waals surface area contributed by atoms with E-state index in [0.717, 1.165) is 99.0 Å². The maximum absolute atomic E-state index is 12.7. The third kappa shape index (κ3) is 8.14. The van der Waals surface area contributed by atoms with E-state index in [4.69, 9.17) is 19.9 Å². The maximum atomic E-state index is 12.7. The van der Waals surface area contributed by atoms with Gasteiger partial charge in [0, 0.05) is 91.3 Å². The van der Waals surface area contributed by atoms with Crippen LogP contribution < -0.4 is 15.4 Å². The van der Waals surface area contributed by atoms with Crippen molar-refractivity contribution in [2.75, 3.05) is 52.8 Å². The second-order valence-electron chi connectivity index (χ2n) is 16.6. The lowest BCUT2D eigenvalue weighted by Crippen LogP contribution is -2.76. The topological polar surface area (TPSA) is 113 Å². The van der Waals surface area contributed by atoms with Gasteiger partial charge >= 0.3 is 11.9 Å². The lowest BCUT2D eigenvalue weighted by molar-refractivity contribution is -0.155. The summed E-state index contributed by atoms with van der Waals surface area (Å²) in [5.74, 6) is 6.83. The van der Waals surface area contributed by atoms with E-state index in [2.05, 4.69) is 137 Å². The van der Waals surface area contributed by atoms with Gasteiger partial charge < -0.3 is 29.8 Å². The van der Waals surface area contributed by atoms with Crippen molar-refractivity contribution >= 4 is 51.1 Å². The van der Waals surface area contributed by atoms with Crippen molar-refractivity contribution in [2.24, 2.45) is 11.7 Å². The molecule has 60 heavy (non-hydrogen) atoms. The molecule has 2 fully saturated rings. The van der Waals surface area contributed by atoms with Crippen molar-refractivity contribution in [2.45, 2.75) is 119 Å². The summed E-state index contributed by atoms with van der Waals surface area (Å²) in [6.07, 6.45) is 13.3. The number of H-pyrrole nitrogens is 1. The molecule has 1 saturated carbocycles. The molecule has 0 radical (unpaired) electrons. The number of unbranched alkanes of at least 4 members (excludes halogenated alkanes) is 2. The summed E-state index contributed by atoms with van der Waals surface area (Å²) in [5.41, 5.74) is 15.1. The van der Waals surface area contributed by atoms with Crippen LogP contribution in [0.15, 0.2) is 60.2 Å². The highest BCUT2D eigenvalue weighted by Gasteiger charge is 2.75. The van der Waals surface area contributed by atoms with Crippen molar-refractivity contribution in [3.63, 3.8) is 0 Å². The number of carbonyl (C=O) groups is 2. The standard InChI is InChI=1S/C26H34N2O2.C21H26IN3O3.C2H6/c1-5-7-8-9-11-20-14-15-24-22(16-20)23-18-28(3)17-19(6-2)12-10-13-21(25(23)27-24)26(29)30-4;1-12(26)28-17-14-5-4-9-25-10-8-20(19(14)25)15-7-6-13(27-3)11-16(15)24(2)21(20,22)18(17)23;1-2/h12,14-16,21,27H,5-8,10,13,17-18H2,1-4H3;4-7,11,14,17-19H,8-10,23H2,1-3H3;1-2H3/b19-12-;;/t;14?,17?,18?,19?,20-,21?;/m.1./s1. The third-order valence-electron chi connectivity index (χ3n) is 13.3. The van der Waals surface area contributed by atoms with E-state index in [1.807, 2.05) is 13.8 Å². The Morgan fingerprint density at radius 3 is 2.57 bits per heavy atom. The minimum atomic E-state index is -0.388. The molecule has 5 aliphatic rings. The van der Waals surface area contributed by atoms with Crippen LogP contribution in [0.25, 0.3) is 10.9 Å². The molecule has 1 saturated heterocycles. The summed E-state index contributed by atoms with van der Waals surface area (Å²) in [7, 11) is 7.44. The largest absolute Gasteiger partial charge is 0.497 e. The van der Waals surface area contributed by atoms with Crippen molar-refractivity contribution < 1.29 is 23.8 Å². The quantitative estimate of drug-likeness (QED) is 0.0478. The van der Waals surface area contributed by atoms with Gasteiger partial charge in [0.25, 0.3) is 0 Å². The summed E-state index contributed by atoms with van der Waals surface area (Å²) in [4.78, 5) is 35.4. The molecule has 3 N–H and O–H groups in total. The lowest BCUT2D eigenvalue weighted by atomic mass is 9.58. The molecular formula is C49H66IN5O5. The number of fused-ring (bicyclic) bond motifs is 4. The Bertz CT molecular complexity index is 2150. The fraction of sp³-hybridized carbons (Fsp3) is 0.551. The average molecular weight is 932 g/mol. The number of allylic oxidation sites excluding steroid dienone is 1. The van der Waals surface area contributed by atoms with Gasteiger partial charge in [-0.2, -0.15) is 0 Å². The molecular weight excluding hydrogens is 865 g/mol. The second kappa shape index (κ2) is 19.5. The number of hydrogen-bond donors (Lipinski definition) is 2. The fourth-order valence-electron chi connectivity index (χ4n) is 10.6. The molecule has 3 aromatic rings. The molecule has 5 heterocycles. The Morgan fingerprint density at radius 1 is 1.08 bits per heavy atom. The Kier molecular flexibility index (Phi) is 14.8. The number of nitrogens with zero attached hydrogens (tertiary/aromatic N) is 3. The Hall–Kier alpha value is -3.83. The molecule has 7 atom stereocenters. The molecule has 4 aliphatic heterocycles. The summed E-state index contributed by atoms with van der Waals surface area (Å²) in [5, 5.41) is 1.16. The van der Waals surface area contributed by atoms with Gasteiger partial charge in [-0.25, -0.2) is 0 Å². The number of anilines is 1. The predicted molar refractivity (Wildman–Crippen MR) is 251 cm³/mol. The molecule has 8 rings (SSSR count). The van der Waals surface area contributed by atoms with Crippen LogP contribution in [-0.2, 0) is 31.0 Å². The fourth-order valence-corrected chi connectivity index (χ4v) is 12.1. The molecule has 2 aromatic carbocycles. The van der Waals surface area contributed by atoms with Gasteiger partial charge in [-0.05, 0) is 81.1 Å². The zero-order valence-corrected chi connectivity index (χ0v) is 39.4. The summed E-state index contributed by atoms with van der Waals surface area (Å²) < 4.78 is 16.2. The SMILES string of the molecule is CC.CCCCC#Cc1ccc2[nH]c3c(c2c1)CN(C)C/C(CC)=C\CCC3C(=O)OC.COc1ccc2c(c1)N(C)C1(I)C(N)C(OC(C)=O)C3C=CCN4CC[C@]21C34. The van der Waals surface area contributed by atoms with Crippen LogP contribution in [0.1, 0.15) is 108 Å². The average Bonchev–Trinajstić information content (AvgIpc) is 3.89. The number of carbonyl (C=O) groups excluding carboxylic acids is 2. The van der Waals surface area contributed by atoms with E-state index in [1.165, 1.54) is 36.4 Å². The number of alkyl halides is 1. The highest BCUT2D eigenvalue weighted by atomic mass is 127. The molecule has 6 unspecified atom stereocenters. The van der Waals surface area contributed by atoms with Gasteiger partial charge in [0.05, 0.1) is 26.2 Å². The number of hydrogen-bond acceptors (Lipinski definition) is 9. The van der Waals surface area contributed by atoms with Gasteiger partial charge in [-0.1, -0.05) is 98.4 Å². The van der Waals surface area contributed by atoms with Crippen LogP contribution in [0.5, 0.6) is 5.75 Å². The number of likely N-dealkylation sites (N-methyl/N-ethyl adjacent to an activating group) is 2. The zero-order chi connectivity index (χ0) is 43.4. The summed E-state index contributed by atoms with van der Waals surface area (Å²) in [6, 6.07) is 12.7. The van der Waals surface area contributed by atoms with Crippen molar-refractivity contribution in [3.8, 4) is 17.6 Å². The van der Waals surface area contributed by atoms with Crippen LogP contribution in [0.2, 0.25) is 0 Å². The van der Waals surface area contributed by atoms with Crippen LogP contribution in [0, 0.1) is 17.8 Å². The van der Waals surface area contributed by atoms with Crippen LogP contribution in [0.3, 0.4) is 0 Å². The molecule has 10 nitrogen and oxygen atoms in total. The van der Waals surface area contributed by atoms with Crippen molar-refractivity contribution in [1.29, 1.82) is 0 Å². The number of esters is 2. The van der Waals surface area contributed by atoms with Crippen LogP contribution >= 0.6 is 22.6 Å². The number of methoxy groups -OCH3 is 2. The number of rotatable bonds is 6. The van der Waals surface area contributed by atoms with Crippen molar-refractivity contribution in [1.82, 2.24) is 14.8 Å². The number of nitrogens with one attached hydrogen (secondary N) is 1. The minimum absolute atomic E-state index is 0.0968. The number of nitrogens with two attached hydrogens (primary N) is 1. The monoisotopic (exact) mass is 931 g/mol. The van der Waals surface area contributed by atoms with E-state index < -0.39 is 0 Å². The zero-order valence-electron chi connectivity index (χ0n) is 37.2. The first-order valence-corrected chi connectivity index (χ1v) is 23.0. The number of aromatic amines is 1. The van der Waals surface area contributed by atoms with Gasteiger partial charge in [0.15, 0.2) is 0 Å². The first-order chi connectivity index (χ1) is 28.9. The molecule has 1 aliphatic carbocycles. The highest BCUT2D eigenvalue weighted by molar-refractivity contribution is 14.1. The van der Waals surface area contributed by atoms with E-state index >= 15 is 0 Å². The number of ether oxygens (including phenoxy) is 3. The lowest BCUT2D eigenvalue weighted by Gasteiger charge is -2.59. The van der Waals surface area contributed by atoms with Gasteiger partial charge in [0.1, 0.15) is 15.4 Å². The smallest absolute Gasteiger partial charge is 0.314 e. The predicted octanol–water partition coefficient (Wildman–Crippen LogP) is 8.60. The van der Waals surface area contributed by atoms with Gasteiger partial charge in [-0.15, -0.1) is 0 Å². The first kappa shape index (κ1) is 45.7. The van der Waals surface area contributed by atoms with E-state index in [1.54, 1.807) is 7.11 Å². The van der Waals surface area contributed by atoms with E-state index in [9.17, 15) is 9.59 Å².